The molecule has 1 unspecified atom stereocenters. The number of rotatable bonds is 4. The van der Waals surface area contributed by atoms with Gasteiger partial charge in [0.1, 0.15) is 5.75 Å². The molecular formula is C16H25ClN2O2. The van der Waals surface area contributed by atoms with E-state index < -0.39 is 5.54 Å². The van der Waals surface area contributed by atoms with Crippen LogP contribution in [0.5, 0.6) is 5.75 Å². The molecule has 0 saturated heterocycles. The predicted molar refractivity (Wildman–Crippen MR) is 86.8 cm³/mol. The van der Waals surface area contributed by atoms with Crippen molar-refractivity contribution in [3.05, 3.63) is 29.8 Å². The molecule has 0 spiro atoms. The Kier molecular flexibility index (Phi) is 6.49. The lowest BCUT2D eigenvalue weighted by Crippen LogP contribution is -2.55. The third-order valence-electron chi connectivity index (χ3n) is 4.15. The van der Waals surface area contributed by atoms with Crippen LogP contribution in [0.15, 0.2) is 24.3 Å². The van der Waals surface area contributed by atoms with Gasteiger partial charge in [-0.15, -0.1) is 12.4 Å². The average molecular weight is 313 g/mol. The molecule has 21 heavy (non-hydrogen) atoms. The molecule has 0 aliphatic heterocycles. The van der Waals surface area contributed by atoms with Gasteiger partial charge in [-0.05, 0) is 25.8 Å². The molecule has 1 aromatic rings. The van der Waals surface area contributed by atoms with E-state index in [4.69, 9.17) is 10.5 Å². The van der Waals surface area contributed by atoms with Gasteiger partial charge in [0.2, 0.25) is 5.91 Å². The van der Waals surface area contributed by atoms with Gasteiger partial charge in [-0.1, -0.05) is 37.5 Å². The van der Waals surface area contributed by atoms with Gasteiger partial charge in [-0.3, -0.25) is 4.79 Å². The molecule has 2 rings (SSSR count). The number of amides is 1. The summed E-state index contributed by atoms with van der Waals surface area (Å²) in [5.74, 6) is 0.741. The summed E-state index contributed by atoms with van der Waals surface area (Å²) in [4.78, 5) is 12.4. The maximum absolute atomic E-state index is 12.4. The summed E-state index contributed by atoms with van der Waals surface area (Å²) in [6, 6.07) is 7.62. The summed E-state index contributed by atoms with van der Waals surface area (Å²) in [7, 11) is 1.64. The first-order valence-corrected chi connectivity index (χ1v) is 7.29. The molecule has 1 aliphatic carbocycles. The quantitative estimate of drug-likeness (QED) is 0.898. The molecule has 1 saturated carbocycles. The third kappa shape index (κ3) is 4.11. The maximum atomic E-state index is 12.4. The van der Waals surface area contributed by atoms with Gasteiger partial charge in [0.25, 0.3) is 0 Å². The van der Waals surface area contributed by atoms with E-state index >= 15 is 0 Å². The minimum atomic E-state index is -0.700. The number of ether oxygens (including phenoxy) is 1. The van der Waals surface area contributed by atoms with Crippen molar-refractivity contribution < 1.29 is 9.53 Å². The van der Waals surface area contributed by atoms with Crippen molar-refractivity contribution >= 4 is 18.3 Å². The molecule has 0 aromatic heterocycles. The van der Waals surface area contributed by atoms with Crippen LogP contribution in [0.1, 0.15) is 50.6 Å². The Morgan fingerprint density at radius 2 is 1.90 bits per heavy atom. The van der Waals surface area contributed by atoms with Crippen LogP contribution in [0.2, 0.25) is 0 Å². The van der Waals surface area contributed by atoms with E-state index in [2.05, 4.69) is 5.32 Å². The first-order chi connectivity index (χ1) is 9.57. The van der Waals surface area contributed by atoms with Crippen LogP contribution in [0, 0.1) is 0 Å². The number of nitrogens with two attached hydrogens (primary N) is 1. The van der Waals surface area contributed by atoms with Crippen LogP contribution >= 0.6 is 12.4 Å². The van der Waals surface area contributed by atoms with Crippen molar-refractivity contribution in [1.29, 1.82) is 0 Å². The Morgan fingerprint density at radius 1 is 1.29 bits per heavy atom. The second-order valence-corrected chi connectivity index (χ2v) is 5.65. The Morgan fingerprint density at radius 3 is 2.52 bits per heavy atom. The van der Waals surface area contributed by atoms with Crippen LogP contribution in [0.25, 0.3) is 0 Å². The van der Waals surface area contributed by atoms with E-state index in [0.29, 0.717) is 0 Å². The first kappa shape index (κ1) is 17.8. The highest BCUT2D eigenvalue weighted by molar-refractivity contribution is 5.86. The summed E-state index contributed by atoms with van der Waals surface area (Å²) in [6.07, 6.45) is 4.79. The summed E-state index contributed by atoms with van der Waals surface area (Å²) in [6.45, 7) is 1.96. The van der Waals surface area contributed by atoms with Crippen molar-refractivity contribution in [3.8, 4) is 5.75 Å². The van der Waals surface area contributed by atoms with E-state index in [-0.39, 0.29) is 24.4 Å². The lowest BCUT2D eigenvalue weighted by molar-refractivity contribution is -0.128. The number of halogens is 1. The van der Waals surface area contributed by atoms with Crippen LogP contribution in [0.4, 0.5) is 0 Å². The van der Waals surface area contributed by atoms with E-state index in [0.717, 1.165) is 37.0 Å². The lowest BCUT2D eigenvalue weighted by Gasteiger charge is -2.33. The van der Waals surface area contributed by atoms with Gasteiger partial charge in [0.05, 0.1) is 18.7 Å². The topological polar surface area (TPSA) is 64.3 Å². The number of hydrogen-bond acceptors (Lipinski definition) is 3. The highest BCUT2D eigenvalue weighted by Crippen LogP contribution is 2.28. The molecule has 1 amide bonds. The van der Waals surface area contributed by atoms with Crippen LogP contribution < -0.4 is 15.8 Å². The Bertz CT molecular complexity index is 473. The summed E-state index contributed by atoms with van der Waals surface area (Å²) >= 11 is 0. The molecule has 1 aromatic carbocycles. The molecular weight excluding hydrogens is 288 g/mol. The van der Waals surface area contributed by atoms with E-state index in [1.807, 2.05) is 31.2 Å². The number of nitrogens with one attached hydrogen (secondary N) is 1. The maximum Gasteiger partial charge on any atom is 0.240 e. The number of benzene rings is 1. The lowest BCUT2D eigenvalue weighted by atomic mass is 9.81. The zero-order valence-corrected chi connectivity index (χ0v) is 13.5. The van der Waals surface area contributed by atoms with E-state index in [1.54, 1.807) is 7.11 Å². The van der Waals surface area contributed by atoms with Gasteiger partial charge in [0, 0.05) is 5.56 Å². The largest absolute Gasteiger partial charge is 0.496 e. The summed E-state index contributed by atoms with van der Waals surface area (Å²) in [5.41, 5.74) is 6.53. The van der Waals surface area contributed by atoms with Crippen molar-refractivity contribution in [2.24, 2.45) is 5.73 Å². The van der Waals surface area contributed by atoms with Gasteiger partial charge in [0.15, 0.2) is 0 Å². The second kappa shape index (κ2) is 7.66. The van der Waals surface area contributed by atoms with Gasteiger partial charge in [-0.25, -0.2) is 0 Å². The Labute approximate surface area is 132 Å². The number of methoxy groups -OCH3 is 1. The van der Waals surface area contributed by atoms with Crippen molar-refractivity contribution in [1.82, 2.24) is 5.32 Å². The summed E-state index contributed by atoms with van der Waals surface area (Å²) in [5, 5.41) is 3.04. The standard InChI is InChI=1S/C16H24N2O2.ClH/c1-12(13-8-4-5-9-14(13)20-2)18-15(19)16(17)10-6-3-7-11-16;/h4-5,8-9,12H,3,6-7,10-11,17H2,1-2H3,(H,18,19);1H. The minimum Gasteiger partial charge on any atom is -0.496 e. The molecule has 118 valence electrons. The fraction of sp³-hybridized carbons (Fsp3) is 0.562. The van der Waals surface area contributed by atoms with Gasteiger partial charge in [-0.2, -0.15) is 0 Å². The highest BCUT2D eigenvalue weighted by atomic mass is 35.5. The Balaban J connectivity index is 0.00000220. The number of carbonyl (C=O) groups excluding carboxylic acids is 1. The second-order valence-electron chi connectivity index (χ2n) is 5.65. The molecule has 5 heteroatoms. The normalized spacial score (nSPS) is 18.2. The monoisotopic (exact) mass is 312 g/mol. The zero-order valence-electron chi connectivity index (χ0n) is 12.7. The molecule has 0 bridgehead atoms. The number of hydrogen-bond donors (Lipinski definition) is 2. The molecule has 1 atom stereocenters. The Hall–Kier alpha value is -1.26. The number of para-hydroxylation sites is 1. The average Bonchev–Trinajstić information content (AvgIpc) is 2.47. The molecule has 0 radical (unpaired) electrons. The molecule has 3 N–H and O–H groups in total. The van der Waals surface area contributed by atoms with Crippen molar-refractivity contribution in [2.45, 2.75) is 50.6 Å². The van der Waals surface area contributed by atoms with Gasteiger partial charge >= 0.3 is 0 Å². The van der Waals surface area contributed by atoms with Crippen molar-refractivity contribution in [3.63, 3.8) is 0 Å². The van der Waals surface area contributed by atoms with Crippen molar-refractivity contribution in [2.75, 3.05) is 7.11 Å². The first-order valence-electron chi connectivity index (χ1n) is 7.29. The third-order valence-corrected chi connectivity index (χ3v) is 4.15. The minimum absolute atomic E-state index is 0. The fourth-order valence-electron chi connectivity index (χ4n) is 2.85. The number of carbonyl (C=O) groups is 1. The highest BCUT2D eigenvalue weighted by Gasteiger charge is 2.36. The molecule has 1 fully saturated rings. The van der Waals surface area contributed by atoms with Crippen LogP contribution in [0.3, 0.4) is 0 Å². The molecule has 4 nitrogen and oxygen atoms in total. The molecule has 1 aliphatic rings. The zero-order chi connectivity index (χ0) is 14.6. The fourth-order valence-corrected chi connectivity index (χ4v) is 2.85. The van der Waals surface area contributed by atoms with Gasteiger partial charge < -0.3 is 15.8 Å². The summed E-state index contributed by atoms with van der Waals surface area (Å²) < 4.78 is 5.34. The smallest absolute Gasteiger partial charge is 0.240 e. The predicted octanol–water partition coefficient (Wildman–Crippen LogP) is 2.96. The van der Waals surface area contributed by atoms with E-state index in [9.17, 15) is 4.79 Å². The molecule has 0 heterocycles. The SMILES string of the molecule is COc1ccccc1C(C)NC(=O)C1(N)CCCCC1.Cl. The van der Waals surface area contributed by atoms with Crippen LogP contribution in [-0.2, 0) is 4.79 Å². The van der Waals surface area contributed by atoms with Crippen LogP contribution in [-0.4, -0.2) is 18.6 Å². The van der Waals surface area contributed by atoms with E-state index in [1.165, 1.54) is 6.42 Å².